The molecule has 1 aromatic heterocycles. The number of hydrogen-bond acceptors (Lipinski definition) is 7. The monoisotopic (exact) mass is 475 g/mol. The lowest BCUT2D eigenvalue weighted by Crippen LogP contribution is -2.24. The Bertz CT molecular complexity index is 1230. The number of fused-ring (bicyclic) bond motifs is 1. The molecule has 1 aliphatic carbocycles. The lowest BCUT2D eigenvalue weighted by atomic mass is 9.89. The maximum atomic E-state index is 13.0. The molecule has 10 heteroatoms. The van der Waals surface area contributed by atoms with Gasteiger partial charge in [-0.2, -0.15) is 0 Å². The van der Waals surface area contributed by atoms with E-state index in [1.54, 1.807) is 24.3 Å². The number of methoxy groups -OCH3 is 2. The number of carbonyl (C=O) groups is 1. The Morgan fingerprint density at radius 1 is 1.06 bits per heavy atom. The van der Waals surface area contributed by atoms with Crippen molar-refractivity contribution in [3.05, 3.63) is 36.4 Å². The molecule has 0 unspecified atom stereocenters. The topological polar surface area (TPSA) is 107 Å². The van der Waals surface area contributed by atoms with Gasteiger partial charge in [-0.15, -0.1) is 0 Å². The van der Waals surface area contributed by atoms with Crippen molar-refractivity contribution in [2.45, 2.75) is 37.0 Å². The number of ether oxygens (including phenoxy) is 2. The Hall–Kier alpha value is -2.85. The number of rotatable bonds is 7. The molecule has 1 heterocycles. The summed E-state index contributed by atoms with van der Waals surface area (Å²) >= 11 is 1.37. The average Bonchev–Trinajstić information content (AvgIpc) is 3.20. The lowest BCUT2D eigenvalue weighted by Gasteiger charge is -2.19. The van der Waals surface area contributed by atoms with Gasteiger partial charge < -0.3 is 14.8 Å². The smallest absolute Gasteiger partial charge is 0.265 e. The van der Waals surface area contributed by atoms with Gasteiger partial charge in [-0.3, -0.25) is 9.52 Å². The largest absolute Gasteiger partial charge is 0.497 e. The standard InChI is InChI=1S/C22H25N3O5S2/c1-29-16-9-10-18(30-2)20(13-16)32(27,28)25-15-8-11-19-17(12-15)23-22(31-19)24-21(26)14-6-4-3-5-7-14/h8-14,25H,3-7H2,1-2H3,(H,23,24,26). The minimum atomic E-state index is -3.93. The van der Waals surface area contributed by atoms with Crippen LogP contribution in [0.5, 0.6) is 11.5 Å². The van der Waals surface area contributed by atoms with Crippen LogP contribution in [0, 0.1) is 5.92 Å². The van der Waals surface area contributed by atoms with E-state index in [0.29, 0.717) is 22.1 Å². The Balaban J connectivity index is 1.54. The van der Waals surface area contributed by atoms with E-state index >= 15 is 0 Å². The molecule has 8 nitrogen and oxygen atoms in total. The van der Waals surface area contributed by atoms with E-state index in [1.165, 1.54) is 44.1 Å². The van der Waals surface area contributed by atoms with Crippen molar-refractivity contribution >= 4 is 48.3 Å². The van der Waals surface area contributed by atoms with Gasteiger partial charge in [0, 0.05) is 12.0 Å². The predicted molar refractivity (Wildman–Crippen MR) is 125 cm³/mol. The normalized spacial score (nSPS) is 14.8. The highest BCUT2D eigenvalue weighted by Gasteiger charge is 2.23. The van der Waals surface area contributed by atoms with Gasteiger partial charge in [0.25, 0.3) is 10.0 Å². The number of thiazole rings is 1. The number of benzene rings is 2. The third-order valence-electron chi connectivity index (χ3n) is 5.51. The highest BCUT2D eigenvalue weighted by atomic mass is 32.2. The van der Waals surface area contributed by atoms with Gasteiger partial charge in [0.05, 0.1) is 30.1 Å². The summed E-state index contributed by atoms with van der Waals surface area (Å²) in [7, 11) is -1.06. The first kappa shape index (κ1) is 22.3. The van der Waals surface area contributed by atoms with Gasteiger partial charge in [-0.1, -0.05) is 30.6 Å². The molecule has 2 aromatic carbocycles. The number of hydrogen-bond donors (Lipinski definition) is 2. The number of carbonyl (C=O) groups excluding carboxylic acids is 1. The Morgan fingerprint density at radius 2 is 1.84 bits per heavy atom. The van der Waals surface area contributed by atoms with Crippen LogP contribution in [0.3, 0.4) is 0 Å². The first-order valence-electron chi connectivity index (χ1n) is 10.4. The average molecular weight is 476 g/mol. The Labute approximate surface area is 191 Å². The predicted octanol–water partition coefficient (Wildman–Crippen LogP) is 4.63. The molecule has 170 valence electrons. The van der Waals surface area contributed by atoms with Crippen LogP contribution < -0.4 is 19.5 Å². The van der Waals surface area contributed by atoms with Crippen molar-refractivity contribution in [1.82, 2.24) is 4.98 Å². The fourth-order valence-electron chi connectivity index (χ4n) is 3.82. The summed E-state index contributed by atoms with van der Waals surface area (Å²) in [5.41, 5.74) is 0.963. The van der Waals surface area contributed by atoms with Gasteiger partial charge in [-0.25, -0.2) is 13.4 Å². The number of aromatic nitrogens is 1. The first-order chi connectivity index (χ1) is 15.4. The number of nitrogens with zero attached hydrogens (tertiary/aromatic N) is 1. The molecule has 4 rings (SSSR count). The fraction of sp³-hybridized carbons (Fsp3) is 0.364. The van der Waals surface area contributed by atoms with E-state index in [0.717, 1.165) is 30.4 Å². The lowest BCUT2D eigenvalue weighted by molar-refractivity contribution is -0.120. The Morgan fingerprint density at radius 3 is 2.56 bits per heavy atom. The molecule has 0 atom stereocenters. The van der Waals surface area contributed by atoms with Crippen LogP contribution in [0.1, 0.15) is 32.1 Å². The second-order valence-electron chi connectivity index (χ2n) is 7.65. The minimum absolute atomic E-state index is 0.00908. The van der Waals surface area contributed by atoms with Crippen LogP contribution in [-0.4, -0.2) is 33.5 Å². The van der Waals surface area contributed by atoms with Gasteiger partial charge in [0.15, 0.2) is 5.13 Å². The molecule has 1 saturated carbocycles. The maximum absolute atomic E-state index is 13.0. The zero-order chi connectivity index (χ0) is 22.7. The van der Waals surface area contributed by atoms with Crippen molar-refractivity contribution in [3.63, 3.8) is 0 Å². The number of anilines is 2. The van der Waals surface area contributed by atoms with Crippen molar-refractivity contribution in [2.24, 2.45) is 5.92 Å². The van der Waals surface area contributed by atoms with Crippen molar-refractivity contribution in [2.75, 3.05) is 24.3 Å². The van der Waals surface area contributed by atoms with Crippen LogP contribution in [0.2, 0.25) is 0 Å². The number of amides is 1. The molecular weight excluding hydrogens is 450 g/mol. The molecule has 0 radical (unpaired) electrons. The van der Waals surface area contributed by atoms with Crippen LogP contribution in [0.15, 0.2) is 41.3 Å². The third kappa shape index (κ3) is 4.81. The molecule has 0 saturated heterocycles. The second-order valence-corrected chi connectivity index (χ2v) is 10.3. The zero-order valence-corrected chi connectivity index (χ0v) is 19.5. The van der Waals surface area contributed by atoms with E-state index in [4.69, 9.17) is 9.47 Å². The maximum Gasteiger partial charge on any atom is 0.265 e. The van der Waals surface area contributed by atoms with E-state index < -0.39 is 10.0 Å². The molecule has 3 aromatic rings. The van der Waals surface area contributed by atoms with Crippen LogP contribution in [-0.2, 0) is 14.8 Å². The number of sulfonamides is 1. The fourth-order valence-corrected chi connectivity index (χ4v) is 5.90. The molecule has 2 N–H and O–H groups in total. The minimum Gasteiger partial charge on any atom is -0.497 e. The third-order valence-corrected chi connectivity index (χ3v) is 7.86. The molecule has 1 amide bonds. The Kier molecular flexibility index (Phi) is 6.52. The van der Waals surface area contributed by atoms with E-state index in [1.807, 2.05) is 0 Å². The van der Waals surface area contributed by atoms with Crippen LogP contribution in [0.4, 0.5) is 10.8 Å². The first-order valence-corrected chi connectivity index (χ1v) is 12.7. The quantitative estimate of drug-likeness (QED) is 0.516. The molecule has 32 heavy (non-hydrogen) atoms. The van der Waals surface area contributed by atoms with E-state index in [2.05, 4.69) is 15.0 Å². The summed E-state index contributed by atoms with van der Waals surface area (Å²) < 4.78 is 39.7. The van der Waals surface area contributed by atoms with Gasteiger partial charge >= 0.3 is 0 Å². The summed E-state index contributed by atoms with van der Waals surface area (Å²) in [6.45, 7) is 0. The molecular formula is C22H25N3O5S2. The van der Waals surface area contributed by atoms with Crippen molar-refractivity contribution in [3.8, 4) is 11.5 Å². The van der Waals surface area contributed by atoms with Gasteiger partial charge in [0.2, 0.25) is 5.91 Å². The van der Waals surface area contributed by atoms with Crippen LogP contribution >= 0.6 is 11.3 Å². The molecule has 0 spiro atoms. The zero-order valence-electron chi connectivity index (χ0n) is 17.9. The van der Waals surface area contributed by atoms with E-state index in [-0.39, 0.29) is 22.5 Å². The summed E-state index contributed by atoms with van der Waals surface area (Å²) in [6, 6.07) is 9.66. The molecule has 1 aliphatic rings. The summed E-state index contributed by atoms with van der Waals surface area (Å²) in [6.07, 6.45) is 5.18. The van der Waals surface area contributed by atoms with Crippen molar-refractivity contribution < 1.29 is 22.7 Å². The van der Waals surface area contributed by atoms with Gasteiger partial charge in [0.1, 0.15) is 16.4 Å². The molecule has 0 aliphatic heterocycles. The van der Waals surface area contributed by atoms with Gasteiger partial charge in [-0.05, 0) is 43.2 Å². The summed E-state index contributed by atoms with van der Waals surface area (Å²) in [5, 5.41) is 3.44. The summed E-state index contributed by atoms with van der Waals surface area (Å²) in [4.78, 5) is 17.0. The highest BCUT2D eigenvalue weighted by Crippen LogP contribution is 2.33. The summed E-state index contributed by atoms with van der Waals surface area (Å²) in [5.74, 6) is 0.658. The second kappa shape index (κ2) is 9.33. The molecule has 0 bridgehead atoms. The van der Waals surface area contributed by atoms with Crippen molar-refractivity contribution in [1.29, 1.82) is 0 Å². The highest BCUT2D eigenvalue weighted by molar-refractivity contribution is 7.92. The molecule has 1 fully saturated rings. The SMILES string of the molecule is COc1ccc(OC)c(S(=O)(=O)Nc2ccc3sc(NC(=O)C4CCCCC4)nc3c2)c1. The van der Waals surface area contributed by atoms with Crippen LogP contribution in [0.25, 0.3) is 10.2 Å². The number of nitrogens with one attached hydrogen (secondary N) is 2. The van der Waals surface area contributed by atoms with E-state index in [9.17, 15) is 13.2 Å².